The van der Waals surface area contributed by atoms with Gasteiger partial charge in [-0.2, -0.15) is 0 Å². The first-order valence-electron chi connectivity index (χ1n) is 6.79. The van der Waals surface area contributed by atoms with Crippen molar-refractivity contribution in [2.75, 3.05) is 0 Å². The molecule has 1 saturated carbocycles. The second-order valence-corrected chi connectivity index (χ2v) is 10.6. The summed E-state index contributed by atoms with van der Waals surface area (Å²) in [5.74, 6) is 1.87. The summed E-state index contributed by atoms with van der Waals surface area (Å²) in [6, 6.07) is 0. The Morgan fingerprint density at radius 2 is 1.39 bits per heavy atom. The van der Waals surface area contributed by atoms with Crippen molar-refractivity contribution in [3.8, 4) is 0 Å². The van der Waals surface area contributed by atoms with E-state index in [9.17, 15) is 6.45 Å². The van der Waals surface area contributed by atoms with Gasteiger partial charge in [0.25, 0.3) is 0 Å². The molecule has 0 atom stereocenters. The fraction of sp³-hybridized carbons (Fsp3) is 1.00. The minimum atomic E-state index is -3.06. The second kappa shape index (κ2) is 12.0. The Morgan fingerprint density at radius 3 is 1.67 bits per heavy atom. The van der Waals surface area contributed by atoms with E-state index < -0.39 is 17.8 Å². The quantitative estimate of drug-likeness (QED) is 0.358. The number of hydrogen-bond acceptors (Lipinski definition) is 0. The van der Waals surface area contributed by atoms with Crippen molar-refractivity contribution >= 4 is 0 Å². The maximum absolute atomic E-state index is 12.0. The van der Waals surface area contributed by atoms with Gasteiger partial charge in [0.05, 0.1) is 0 Å². The van der Waals surface area contributed by atoms with E-state index in [4.69, 9.17) is 0 Å². The molecule has 1 aliphatic carbocycles. The summed E-state index contributed by atoms with van der Waals surface area (Å²) in [5, 5.41) is 0. The van der Waals surface area contributed by atoms with Crippen molar-refractivity contribution in [2.45, 2.75) is 73.5 Å². The molecule has 4 heteroatoms. The van der Waals surface area contributed by atoms with Crippen LogP contribution < -0.4 is 0 Å². The second-order valence-electron chi connectivity index (χ2n) is 5.55. The predicted octanol–water partition coefficient (Wildman–Crippen LogP) is 6.34. The van der Waals surface area contributed by atoms with Gasteiger partial charge in [0.1, 0.15) is 0 Å². The van der Waals surface area contributed by atoms with Gasteiger partial charge in [0.2, 0.25) is 0 Å². The molecule has 0 amide bonds. The fourth-order valence-corrected chi connectivity index (χ4v) is 5.74. The van der Waals surface area contributed by atoms with Crippen LogP contribution in [0.1, 0.15) is 59.8 Å². The van der Waals surface area contributed by atoms with E-state index in [2.05, 4.69) is 27.7 Å². The third-order valence-electron chi connectivity index (χ3n) is 2.36. The summed E-state index contributed by atoms with van der Waals surface area (Å²) < 4.78 is 26.9. The summed E-state index contributed by atoms with van der Waals surface area (Å²) in [7, 11) is 0. The molecule has 120 valence electrons. The SMILES string of the molecule is CC(C)[CH2][Au+][CH2]C(C)C.[F][Pd-]([F])[CH]1CCCCC1. The maximum atomic E-state index is 12.0. The van der Waals surface area contributed by atoms with E-state index in [1.165, 1.54) is 15.7 Å². The van der Waals surface area contributed by atoms with E-state index in [-0.39, 0.29) is 4.39 Å². The van der Waals surface area contributed by atoms with Crippen LogP contribution in [0.3, 0.4) is 0 Å². The standard InChI is InChI=1S/C6H11.2C4H9.Au.2FH.Pd/c1-2-4-6-5-3-1;2*1-4(2)3;;;;/h1H,2-6H2;2*4H,1H2,2-3H3;;2*1H;/q;;;+1;;;+1/p-2. The van der Waals surface area contributed by atoms with Crippen LogP contribution in [0.25, 0.3) is 0 Å². The van der Waals surface area contributed by atoms with Gasteiger partial charge in [-0.1, -0.05) is 0 Å². The molecule has 0 aliphatic heterocycles. The molecule has 0 unspecified atom stereocenters. The summed E-state index contributed by atoms with van der Waals surface area (Å²) in [5.41, 5.74) is 0. The average molecular weight is 539 g/mol. The molecule has 1 aliphatic rings. The zero-order valence-corrected chi connectivity index (χ0v) is 15.8. The van der Waals surface area contributed by atoms with Crippen LogP contribution >= 0.6 is 0 Å². The van der Waals surface area contributed by atoms with Gasteiger partial charge >= 0.3 is 129 Å². The van der Waals surface area contributed by atoms with Crippen LogP contribution in [0.5, 0.6) is 0 Å². The zero-order chi connectivity index (χ0) is 14.0. The predicted molar refractivity (Wildman–Crippen MR) is 68.3 cm³/mol. The molecule has 0 heterocycles. The number of rotatable bonds is 5. The Hall–Kier alpha value is 1.26. The van der Waals surface area contributed by atoms with Gasteiger partial charge in [-0.25, -0.2) is 0 Å². The van der Waals surface area contributed by atoms with E-state index >= 15 is 0 Å². The first kappa shape index (κ1) is 19.3. The summed E-state index contributed by atoms with van der Waals surface area (Å²) in [6.45, 7) is 9.27. The fourth-order valence-electron chi connectivity index (χ4n) is 1.56. The summed E-state index contributed by atoms with van der Waals surface area (Å²) in [4.78, 5) is 0. The molecule has 0 aromatic carbocycles. The van der Waals surface area contributed by atoms with Crippen LogP contribution in [-0.2, 0) is 37.5 Å². The van der Waals surface area contributed by atoms with Crippen molar-refractivity contribution in [2.24, 2.45) is 11.8 Å². The molecule has 0 radical (unpaired) electrons. The molecule has 0 nitrogen and oxygen atoms in total. The van der Waals surface area contributed by atoms with Crippen LogP contribution in [0.2, 0.25) is 13.7 Å². The van der Waals surface area contributed by atoms with Crippen molar-refractivity contribution in [3.63, 3.8) is 0 Å². The van der Waals surface area contributed by atoms with Crippen molar-refractivity contribution in [3.05, 3.63) is 0 Å². The van der Waals surface area contributed by atoms with Crippen LogP contribution in [0, 0.1) is 11.8 Å². The van der Waals surface area contributed by atoms with Gasteiger partial charge in [-0.15, -0.1) is 0 Å². The van der Waals surface area contributed by atoms with Gasteiger partial charge in [0.15, 0.2) is 0 Å². The van der Waals surface area contributed by atoms with E-state index in [1.54, 1.807) is 0 Å². The molecular formula is C14H29AuF2Pd. The topological polar surface area (TPSA) is 0 Å². The Morgan fingerprint density at radius 1 is 0.944 bits per heavy atom. The summed E-state index contributed by atoms with van der Waals surface area (Å²) in [6.07, 6.45) is 4.85. The third kappa shape index (κ3) is 12.3. The molecule has 0 aromatic rings. The first-order chi connectivity index (χ1) is 8.43. The Bertz CT molecular complexity index is 173. The molecule has 0 spiro atoms. The molecule has 1 fully saturated rings. The molecule has 0 N–H and O–H groups in total. The normalized spacial score (nSPS) is 17.9. The van der Waals surface area contributed by atoms with Gasteiger partial charge in [-0.05, 0) is 0 Å². The summed E-state index contributed by atoms with van der Waals surface area (Å²) >= 11 is -2.42. The van der Waals surface area contributed by atoms with Crippen molar-refractivity contribution in [1.82, 2.24) is 0 Å². The van der Waals surface area contributed by atoms with E-state index in [0.717, 1.165) is 37.5 Å². The van der Waals surface area contributed by atoms with Crippen LogP contribution in [-0.4, -0.2) is 0 Å². The molecule has 0 saturated heterocycles. The number of halogens is 2. The number of hydrogen-bond donors (Lipinski definition) is 0. The minimum absolute atomic E-state index is 0.162. The Balaban J connectivity index is 0.000000321. The van der Waals surface area contributed by atoms with Gasteiger partial charge in [-0.3, -0.25) is 0 Å². The monoisotopic (exact) mass is 538 g/mol. The Labute approximate surface area is 129 Å². The van der Waals surface area contributed by atoms with Crippen LogP contribution in [0.15, 0.2) is 0 Å². The molecule has 0 bridgehead atoms. The van der Waals surface area contributed by atoms with Crippen molar-refractivity contribution < 1.29 is 44.0 Å². The average Bonchev–Trinajstić information content (AvgIpc) is 2.30. The van der Waals surface area contributed by atoms with E-state index in [1.807, 2.05) is 0 Å². The molecule has 1 rings (SSSR count). The first-order valence-corrected chi connectivity index (χ1v) is 11.9. The van der Waals surface area contributed by atoms with Gasteiger partial charge in [0, 0.05) is 0 Å². The van der Waals surface area contributed by atoms with Crippen molar-refractivity contribution in [1.29, 1.82) is 0 Å². The Kier molecular flexibility index (Phi) is 12.9. The molecule has 18 heavy (non-hydrogen) atoms. The zero-order valence-electron chi connectivity index (χ0n) is 12.1. The molecule has 0 aromatic heterocycles. The third-order valence-corrected chi connectivity index (χ3v) is 9.01. The van der Waals surface area contributed by atoms with E-state index in [0.29, 0.717) is 19.8 Å². The van der Waals surface area contributed by atoms with Gasteiger partial charge < -0.3 is 0 Å². The van der Waals surface area contributed by atoms with Crippen LogP contribution in [0.4, 0.5) is 6.45 Å². The molecular weight excluding hydrogens is 510 g/mol.